The normalized spacial score (nSPS) is 21.1. The highest BCUT2D eigenvalue weighted by atomic mass is 16.1. The van der Waals surface area contributed by atoms with Gasteiger partial charge in [0.05, 0.1) is 0 Å². The average molecular weight is 249 g/mol. The smallest absolute Gasteiger partial charge is 0.250 e. The molecule has 1 atom stereocenters. The topological polar surface area (TPSA) is 51.3 Å². The molecule has 1 aliphatic heterocycles. The van der Waals surface area contributed by atoms with Crippen molar-refractivity contribution in [2.75, 3.05) is 18.8 Å². The third kappa shape index (κ3) is 3.13. The number of pyridine rings is 1. The third-order valence-corrected chi connectivity index (χ3v) is 3.85. The summed E-state index contributed by atoms with van der Waals surface area (Å²) in [4.78, 5) is 14.2. The number of likely N-dealkylation sites (tertiary alicyclic amines) is 1. The summed E-state index contributed by atoms with van der Waals surface area (Å²) >= 11 is 0. The van der Waals surface area contributed by atoms with Gasteiger partial charge in [-0.1, -0.05) is 13.3 Å². The van der Waals surface area contributed by atoms with Crippen LogP contribution in [0.5, 0.6) is 0 Å². The molecule has 1 unspecified atom stereocenters. The maximum Gasteiger partial charge on any atom is 0.250 e. The van der Waals surface area contributed by atoms with E-state index in [2.05, 4.69) is 11.8 Å². The van der Waals surface area contributed by atoms with E-state index in [1.165, 1.54) is 25.7 Å². The Labute approximate surface area is 108 Å². The Hall–Kier alpha value is -1.29. The number of hydrogen-bond acceptors (Lipinski definition) is 3. The molecule has 2 rings (SSSR count). The fraction of sp³-hybridized carbons (Fsp3) is 0.643. The molecule has 0 aliphatic carbocycles. The van der Waals surface area contributed by atoms with Crippen molar-refractivity contribution in [2.45, 2.75) is 45.2 Å². The predicted molar refractivity (Wildman–Crippen MR) is 74.6 cm³/mol. The molecule has 100 valence electrons. The lowest BCUT2D eigenvalue weighted by Gasteiger charge is -2.35. The number of aromatic nitrogens is 1. The molecular weight excluding hydrogens is 226 g/mol. The van der Waals surface area contributed by atoms with E-state index in [9.17, 15) is 4.79 Å². The SMILES string of the molecule is CCC1CCCCN1CCn1cc(N)ccc1=O. The molecule has 0 amide bonds. The molecule has 0 saturated carbocycles. The monoisotopic (exact) mass is 249 g/mol. The van der Waals surface area contributed by atoms with Gasteiger partial charge in [-0.15, -0.1) is 0 Å². The summed E-state index contributed by atoms with van der Waals surface area (Å²) in [5, 5.41) is 0. The number of anilines is 1. The fourth-order valence-electron chi connectivity index (χ4n) is 2.78. The van der Waals surface area contributed by atoms with Crippen molar-refractivity contribution in [3.8, 4) is 0 Å². The molecule has 4 nitrogen and oxygen atoms in total. The molecule has 2 N–H and O–H groups in total. The van der Waals surface area contributed by atoms with E-state index in [1.807, 2.05) is 0 Å². The second kappa shape index (κ2) is 6.05. The van der Waals surface area contributed by atoms with Gasteiger partial charge >= 0.3 is 0 Å². The third-order valence-electron chi connectivity index (χ3n) is 3.85. The van der Waals surface area contributed by atoms with Crippen molar-refractivity contribution in [3.05, 3.63) is 28.7 Å². The van der Waals surface area contributed by atoms with Gasteiger partial charge in [0.2, 0.25) is 0 Å². The van der Waals surface area contributed by atoms with Crippen LogP contribution in [0.15, 0.2) is 23.1 Å². The standard InChI is InChI=1S/C14H23N3O/c1-2-13-5-3-4-8-16(13)9-10-17-11-12(15)6-7-14(17)18/h6-7,11,13H,2-5,8-10,15H2,1H3. The van der Waals surface area contributed by atoms with Crippen molar-refractivity contribution in [1.29, 1.82) is 0 Å². The van der Waals surface area contributed by atoms with Crippen LogP contribution in [-0.4, -0.2) is 28.6 Å². The minimum Gasteiger partial charge on any atom is -0.398 e. The van der Waals surface area contributed by atoms with Gasteiger partial charge in [0.25, 0.3) is 5.56 Å². The molecule has 0 spiro atoms. The van der Waals surface area contributed by atoms with Crippen LogP contribution in [-0.2, 0) is 6.54 Å². The van der Waals surface area contributed by atoms with Crippen LogP contribution in [0.3, 0.4) is 0 Å². The minimum absolute atomic E-state index is 0.0363. The summed E-state index contributed by atoms with van der Waals surface area (Å²) < 4.78 is 1.72. The zero-order valence-electron chi connectivity index (χ0n) is 11.1. The lowest BCUT2D eigenvalue weighted by atomic mass is 10.0. The van der Waals surface area contributed by atoms with Gasteiger partial charge in [-0.3, -0.25) is 9.69 Å². The Balaban J connectivity index is 1.97. The maximum absolute atomic E-state index is 11.7. The van der Waals surface area contributed by atoms with E-state index in [0.29, 0.717) is 11.7 Å². The summed E-state index contributed by atoms with van der Waals surface area (Å²) in [6.45, 7) is 5.09. The number of nitrogens with two attached hydrogens (primary N) is 1. The Morgan fingerprint density at radius 2 is 2.17 bits per heavy atom. The first-order valence-corrected chi connectivity index (χ1v) is 6.90. The van der Waals surface area contributed by atoms with Crippen LogP contribution in [0.1, 0.15) is 32.6 Å². The summed E-state index contributed by atoms with van der Waals surface area (Å²) in [7, 11) is 0. The maximum atomic E-state index is 11.7. The average Bonchev–Trinajstić information content (AvgIpc) is 2.40. The van der Waals surface area contributed by atoms with Gasteiger partial charge in [0.15, 0.2) is 0 Å². The van der Waals surface area contributed by atoms with Crippen LogP contribution < -0.4 is 11.3 Å². The molecule has 18 heavy (non-hydrogen) atoms. The quantitative estimate of drug-likeness (QED) is 0.883. The van der Waals surface area contributed by atoms with Gasteiger partial charge in [0, 0.05) is 37.1 Å². The highest BCUT2D eigenvalue weighted by Crippen LogP contribution is 2.18. The number of nitrogen functional groups attached to an aromatic ring is 1. The van der Waals surface area contributed by atoms with Crippen molar-refractivity contribution in [2.24, 2.45) is 0 Å². The summed E-state index contributed by atoms with van der Waals surface area (Å²) in [5.41, 5.74) is 6.41. The largest absolute Gasteiger partial charge is 0.398 e. The first-order chi connectivity index (χ1) is 8.70. The van der Waals surface area contributed by atoms with Crippen molar-refractivity contribution in [1.82, 2.24) is 9.47 Å². The highest BCUT2D eigenvalue weighted by Gasteiger charge is 2.20. The zero-order valence-corrected chi connectivity index (χ0v) is 11.1. The molecule has 0 radical (unpaired) electrons. The second-order valence-electron chi connectivity index (χ2n) is 5.09. The second-order valence-corrected chi connectivity index (χ2v) is 5.09. The first-order valence-electron chi connectivity index (χ1n) is 6.90. The molecule has 2 heterocycles. The number of nitrogens with zero attached hydrogens (tertiary/aromatic N) is 2. The zero-order chi connectivity index (χ0) is 13.0. The number of piperidine rings is 1. The van der Waals surface area contributed by atoms with Gasteiger partial charge in [-0.25, -0.2) is 0 Å². The number of hydrogen-bond donors (Lipinski definition) is 1. The van der Waals surface area contributed by atoms with Crippen molar-refractivity contribution >= 4 is 5.69 Å². The Bertz CT molecular complexity index is 441. The van der Waals surface area contributed by atoms with E-state index in [4.69, 9.17) is 5.73 Å². The molecule has 4 heteroatoms. The summed E-state index contributed by atoms with van der Waals surface area (Å²) in [6.07, 6.45) is 6.86. The van der Waals surface area contributed by atoms with Crippen LogP contribution in [0.4, 0.5) is 5.69 Å². The fourth-order valence-corrected chi connectivity index (χ4v) is 2.78. The summed E-state index contributed by atoms with van der Waals surface area (Å²) in [5.74, 6) is 0. The Morgan fingerprint density at radius 3 is 2.94 bits per heavy atom. The van der Waals surface area contributed by atoms with Crippen LogP contribution in [0.25, 0.3) is 0 Å². The van der Waals surface area contributed by atoms with Gasteiger partial charge in [0.1, 0.15) is 0 Å². The minimum atomic E-state index is 0.0363. The van der Waals surface area contributed by atoms with Gasteiger partial charge in [-0.05, 0) is 31.9 Å². The molecule has 1 fully saturated rings. The molecular formula is C14H23N3O. The van der Waals surface area contributed by atoms with Crippen LogP contribution >= 0.6 is 0 Å². The van der Waals surface area contributed by atoms with Crippen LogP contribution in [0.2, 0.25) is 0 Å². The Kier molecular flexibility index (Phi) is 4.42. The van der Waals surface area contributed by atoms with E-state index in [-0.39, 0.29) is 5.56 Å². The molecule has 1 aliphatic rings. The highest BCUT2D eigenvalue weighted by molar-refractivity contribution is 5.33. The van der Waals surface area contributed by atoms with Crippen molar-refractivity contribution < 1.29 is 0 Å². The molecule has 1 aromatic heterocycles. The molecule has 0 aromatic carbocycles. The lowest BCUT2D eigenvalue weighted by molar-refractivity contribution is 0.138. The molecule has 1 aromatic rings. The van der Waals surface area contributed by atoms with Gasteiger partial charge in [-0.2, -0.15) is 0 Å². The van der Waals surface area contributed by atoms with E-state index >= 15 is 0 Å². The Morgan fingerprint density at radius 1 is 1.33 bits per heavy atom. The predicted octanol–water partition coefficient (Wildman–Crippen LogP) is 1.70. The van der Waals surface area contributed by atoms with Crippen molar-refractivity contribution in [3.63, 3.8) is 0 Å². The number of rotatable bonds is 4. The molecule has 0 bridgehead atoms. The van der Waals surface area contributed by atoms with Crippen LogP contribution in [0, 0.1) is 0 Å². The van der Waals surface area contributed by atoms with Gasteiger partial charge < -0.3 is 10.3 Å². The van der Waals surface area contributed by atoms with E-state index in [0.717, 1.165) is 19.6 Å². The molecule has 1 saturated heterocycles. The first kappa shape index (κ1) is 13.1. The van der Waals surface area contributed by atoms with E-state index < -0.39 is 0 Å². The van der Waals surface area contributed by atoms with E-state index in [1.54, 1.807) is 22.9 Å². The lowest BCUT2D eigenvalue weighted by Crippen LogP contribution is -2.41. The summed E-state index contributed by atoms with van der Waals surface area (Å²) in [6, 6.07) is 3.90.